The maximum Gasteiger partial charge on any atom is 0.141 e. The van der Waals surface area contributed by atoms with Gasteiger partial charge in [-0.25, -0.2) is 4.39 Å². The average molecular weight is 224 g/mol. The second-order valence-electron chi connectivity index (χ2n) is 5.84. The van der Waals surface area contributed by atoms with Crippen LogP contribution in [0.5, 0.6) is 0 Å². The quantitative estimate of drug-likeness (QED) is 0.856. The fourth-order valence-electron chi connectivity index (χ4n) is 1.48. The molecule has 0 aliphatic heterocycles. The van der Waals surface area contributed by atoms with Crippen LogP contribution in [0.25, 0.3) is 0 Å². The third kappa shape index (κ3) is 3.89. The highest BCUT2D eigenvalue weighted by atomic mass is 19.1. The fraction of sp³-hybridized carbons (Fsp3) is 0.615. The summed E-state index contributed by atoms with van der Waals surface area (Å²) in [4.78, 5) is 4.05. The average Bonchev–Trinajstić information content (AvgIpc) is 2.15. The molecule has 1 aromatic rings. The Morgan fingerprint density at radius 3 is 2.25 bits per heavy atom. The minimum absolute atomic E-state index is 0.251. The van der Waals surface area contributed by atoms with Crippen LogP contribution in [0.4, 0.5) is 4.39 Å². The Labute approximate surface area is 97.1 Å². The molecule has 0 spiro atoms. The van der Waals surface area contributed by atoms with Gasteiger partial charge in [0.25, 0.3) is 0 Å². The summed E-state index contributed by atoms with van der Waals surface area (Å²) in [5.74, 6) is -0.324. The molecule has 0 radical (unpaired) electrons. The lowest BCUT2D eigenvalue weighted by atomic mass is 9.83. The highest BCUT2D eigenvalue weighted by molar-refractivity contribution is 5.14. The first-order chi connectivity index (χ1) is 7.21. The van der Waals surface area contributed by atoms with E-state index >= 15 is 0 Å². The zero-order chi connectivity index (χ0) is 12.4. The van der Waals surface area contributed by atoms with Gasteiger partial charge in [0.15, 0.2) is 0 Å². The van der Waals surface area contributed by atoms with E-state index in [1.54, 1.807) is 6.07 Å². The predicted octanol–water partition coefficient (Wildman–Crippen LogP) is 3.22. The van der Waals surface area contributed by atoms with Gasteiger partial charge in [-0.3, -0.25) is 4.98 Å². The van der Waals surface area contributed by atoms with Gasteiger partial charge in [0.2, 0.25) is 0 Å². The molecule has 2 nitrogen and oxygen atoms in total. The summed E-state index contributed by atoms with van der Waals surface area (Å²) in [5.41, 5.74) is 6.72. The topological polar surface area (TPSA) is 38.9 Å². The van der Waals surface area contributed by atoms with Crippen molar-refractivity contribution < 1.29 is 4.39 Å². The third-order valence-electron chi connectivity index (χ3n) is 2.71. The predicted molar refractivity (Wildman–Crippen MR) is 64.4 cm³/mol. The van der Waals surface area contributed by atoms with E-state index in [1.807, 2.05) is 6.92 Å². The Hall–Kier alpha value is -0.960. The van der Waals surface area contributed by atoms with Crippen LogP contribution < -0.4 is 5.73 Å². The van der Waals surface area contributed by atoms with Crippen LogP contribution in [0.15, 0.2) is 18.3 Å². The fourth-order valence-corrected chi connectivity index (χ4v) is 1.48. The van der Waals surface area contributed by atoms with Crippen LogP contribution >= 0.6 is 0 Å². The van der Waals surface area contributed by atoms with E-state index in [0.717, 1.165) is 18.5 Å². The van der Waals surface area contributed by atoms with Crippen molar-refractivity contribution in [3.8, 4) is 0 Å². The van der Waals surface area contributed by atoms with E-state index in [-0.39, 0.29) is 11.2 Å². The standard InChI is InChI=1S/C13H21FN2/c1-12(2,3)7-8-13(4,15)11-6-5-10(14)9-16-11/h5-6,9H,7-8,15H2,1-4H3. The van der Waals surface area contributed by atoms with Gasteiger partial charge >= 0.3 is 0 Å². The monoisotopic (exact) mass is 224 g/mol. The van der Waals surface area contributed by atoms with E-state index in [9.17, 15) is 4.39 Å². The Morgan fingerprint density at radius 1 is 1.19 bits per heavy atom. The van der Waals surface area contributed by atoms with Crippen molar-refractivity contribution in [1.29, 1.82) is 0 Å². The van der Waals surface area contributed by atoms with Gasteiger partial charge in [-0.1, -0.05) is 20.8 Å². The summed E-state index contributed by atoms with van der Waals surface area (Å²) in [5, 5.41) is 0. The molecule has 0 bridgehead atoms. The minimum Gasteiger partial charge on any atom is -0.320 e. The van der Waals surface area contributed by atoms with Crippen molar-refractivity contribution in [3.63, 3.8) is 0 Å². The first kappa shape index (κ1) is 13.1. The highest BCUT2D eigenvalue weighted by Gasteiger charge is 2.25. The molecule has 1 unspecified atom stereocenters. The van der Waals surface area contributed by atoms with E-state index in [2.05, 4.69) is 25.8 Å². The van der Waals surface area contributed by atoms with Gasteiger partial charge in [0.1, 0.15) is 5.82 Å². The Bertz CT molecular complexity index is 336. The summed E-state index contributed by atoms with van der Waals surface area (Å²) >= 11 is 0. The van der Waals surface area contributed by atoms with Gasteiger partial charge in [0.05, 0.1) is 17.4 Å². The number of aromatic nitrogens is 1. The Morgan fingerprint density at radius 2 is 1.81 bits per heavy atom. The van der Waals surface area contributed by atoms with Crippen LogP contribution in [0.2, 0.25) is 0 Å². The van der Waals surface area contributed by atoms with Crippen LogP contribution in [0.1, 0.15) is 46.2 Å². The number of pyridine rings is 1. The van der Waals surface area contributed by atoms with Crippen molar-refractivity contribution in [2.24, 2.45) is 11.1 Å². The summed E-state index contributed by atoms with van der Waals surface area (Å²) in [6.07, 6.45) is 3.08. The third-order valence-corrected chi connectivity index (χ3v) is 2.71. The number of hydrogen-bond acceptors (Lipinski definition) is 2. The van der Waals surface area contributed by atoms with Gasteiger partial charge in [-0.15, -0.1) is 0 Å². The van der Waals surface area contributed by atoms with E-state index in [4.69, 9.17) is 5.73 Å². The summed E-state index contributed by atoms with van der Waals surface area (Å²) in [6.45, 7) is 8.49. The zero-order valence-corrected chi connectivity index (χ0v) is 10.5. The molecule has 0 aromatic carbocycles. The largest absolute Gasteiger partial charge is 0.320 e. The summed E-state index contributed by atoms with van der Waals surface area (Å²) in [7, 11) is 0. The minimum atomic E-state index is -0.485. The molecule has 0 amide bonds. The number of halogens is 1. The zero-order valence-electron chi connectivity index (χ0n) is 10.5. The van der Waals surface area contributed by atoms with Gasteiger partial charge in [0, 0.05) is 0 Å². The Balaban J connectivity index is 2.73. The summed E-state index contributed by atoms with van der Waals surface area (Å²) in [6, 6.07) is 3.07. The molecule has 90 valence electrons. The second-order valence-corrected chi connectivity index (χ2v) is 5.84. The van der Waals surface area contributed by atoms with Gasteiger partial charge in [-0.05, 0) is 37.3 Å². The SMILES string of the molecule is CC(C)(C)CCC(C)(N)c1ccc(F)cn1. The lowest BCUT2D eigenvalue weighted by Crippen LogP contribution is -2.35. The maximum absolute atomic E-state index is 12.7. The molecule has 0 saturated carbocycles. The number of hydrogen-bond donors (Lipinski definition) is 1. The molecule has 1 heterocycles. The van der Waals surface area contributed by atoms with Crippen molar-refractivity contribution in [1.82, 2.24) is 4.98 Å². The molecule has 2 N–H and O–H groups in total. The van der Waals surface area contributed by atoms with Crippen molar-refractivity contribution >= 4 is 0 Å². The molecule has 3 heteroatoms. The lowest BCUT2D eigenvalue weighted by Gasteiger charge is -2.28. The molecule has 0 aliphatic rings. The van der Waals surface area contributed by atoms with E-state index < -0.39 is 5.54 Å². The molecular weight excluding hydrogens is 203 g/mol. The molecule has 1 aromatic heterocycles. The van der Waals surface area contributed by atoms with Crippen LogP contribution in [-0.4, -0.2) is 4.98 Å². The molecular formula is C13H21FN2. The van der Waals surface area contributed by atoms with E-state index in [0.29, 0.717) is 0 Å². The second kappa shape index (κ2) is 4.50. The Kier molecular flexibility index (Phi) is 3.68. The summed E-state index contributed by atoms with van der Waals surface area (Å²) < 4.78 is 12.7. The van der Waals surface area contributed by atoms with Gasteiger partial charge in [-0.2, -0.15) is 0 Å². The van der Waals surface area contributed by atoms with Crippen LogP contribution in [0.3, 0.4) is 0 Å². The molecule has 0 saturated heterocycles. The molecule has 0 aliphatic carbocycles. The maximum atomic E-state index is 12.7. The van der Waals surface area contributed by atoms with Crippen molar-refractivity contribution in [2.45, 2.75) is 46.1 Å². The number of nitrogens with two attached hydrogens (primary N) is 1. The lowest BCUT2D eigenvalue weighted by molar-refractivity contribution is 0.303. The molecule has 0 fully saturated rings. The number of nitrogens with zero attached hydrogens (tertiary/aromatic N) is 1. The first-order valence-electron chi connectivity index (χ1n) is 5.62. The smallest absolute Gasteiger partial charge is 0.141 e. The van der Waals surface area contributed by atoms with Gasteiger partial charge < -0.3 is 5.73 Å². The van der Waals surface area contributed by atoms with Crippen molar-refractivity contribution in [3.05, 3.63) is 29.8 Å². The highest BCUT2D eigenvalue weighted by Crippen LogP contribution is 2.29. The number of rotatable bonds is 3. The first-order valence-corrected chi connectivity index (χ1v) is 5.62. The molecule has 1 atom stereocenters. The molecule has 1 rings (SSSR count). The van der Waals surface area contributed by atoms with Crippen molar-refractivity contribution in [2.75, 3.05) is 0 Å². The normalized spacial score (nSPS) is 15.9. The van der Waals surface area contributed by atoms with Crippen LogP contribution in [0, 0.1) is 11.2 Å². The molecule has 16 heavy (non-hydrogen) atoms. The van der Waals surface area contributed by atoms with Crippen LogP contribution in [-0.2, 0) is 5.54 Å². The van der Waals surface area contributed by atoms with E-state index in [1.165, 1.54) is 12.3 Å².